The van der Waals surface area contributed by atoms with Crippen molar-refractivity contribution in [3.05, 3.63) is 30.4 Å². The maximum Gasteiger partial charge on any atom is 0.187 e. The minimum Gasteiger partial charge on any atom is -0.383 e. The van der Waals surface area contributed by atoms with Gasteiger partial charge >= 0.3 is 0 Å². The number of nitrogens with one attached hydrogen (secondary N) is 1. The summed E-state index contributed by atoms with van der Waals surface area (Å²) in [7, 11) is 1.67. The first-order valence-corrected chi connectivity index (χ1v) is 5.32. The van der Waals surface area contributed by atoms with Crippen LogP contribution in [0, 0.1) is 0 Å². The molecule has 0 saturated heterocycles. The van der Waals surface area contributed by atoms with Crippen LogP contribution in [0.3, 0.4) is 0 Å². The molecule has 0 aliphatic carbocycles. The average Bonchev–Trinajstić information content (AvgIpc) is 2.85. The molecule has 0 atom stereocenters. The van der Waals surface area contributed by atoms with Gasteiger partial charge in [0.05, 0.1) is 18.5 Å². The molecular formula is C11H14N4O2. The summed E-state index contributed by atoms with van der Waals surface area (Å²) in [5, 5.41) is 7.13. The molecule has 0 aromatic carbocycles. The predicted octanol–water partition coefficient (Wildman–Crippen LogP) is 0.868. The summed E-state index contributed by atoms with van der Waals surface area (Å²) in [6, 6.07) is 1.85. The van der Waals surface area contributed by atoms with Crippen LogP contribution in [0.1, 0.15) is 5.69 Å². The zero-order valence-corrected chi connectivity index (χ0v) is 9.59. The van der Waals surface area contributed by atoms with Crippen LogP contribution in [0.25, 0.3) is 11.5 Å². The molecule has 6 nitrogen and oxygen atoms in total. The lowest BCUT2D eigenvalue weighted by atomic mass is 10.3. The Bertz CT molecular complexity index is 444. The number of ether oxygens (including phenoxy) is 1. The van der Waals surface area contributed by atoms with Gasteiger partial charge in [-0.15, -0.1) is 0 Å². The highest BCUT2D eigenvalue weighted by Crippen LogP contribution is 2.16. The number of aromatic nitrogens is 3. The van der Waals surface area contributed by atoms with E-state index in [1.54, 1.807) is 25.7 Å². The van der Waals surface area contributed by atoms with Gasteiger partial charge in [-0.25, -0.2) is 4.98 Å². The lowest BCUT2D eigenvalue weighted by Crippen LogP contribution is -2.18. The van der Waals surface area contributed by atoms with E-state index in [0.29, 0.717) is 24.6 Å². The number of rotatable bonds is 6. The molecule has 0 fully saturated rings. The van der Waals surface area contributed by atoms with Gasteiger partial charge in [-0.2, -0.15) is 0 Å². The quantitative estimate of drug-likeness (QED) is 0.747. The zero-order chi connectivity index (χ0) is 11.9. The van der Waals surface area contributed by atoms with Crippen molar-refractivity contribution < 1.29 is 9.26 Å². The van der Waals surface area contributed by atoms with Gasteiger partial charge in [-0.3, -0.25) is 4.98 Å². The molecule has 2 heterocycles. The number of nitrogens with zero attached hydrogens (tertiary/aromatic N) is 3. The lowest BCUT2D eigenvalue weighted by molar-refractivity contribution is 0.199. The molecular weight excluding hydrogens is 220 g/mol. The van der Waals surface area contributed by atoms with E-state index < -0.39 is 0 Å². The van der Waals surface area contributed by atoms with Crippen molar-refractivity contribution in [2.24, 2.45) is 0 Å². The summed E-state index contributed by atoms with van der Waals surface area (Å²) in [5.74, 6) is 0.627. The van der Waals surface area contributed by atoms with Gasteiger partial charge in [0.2, 0.25) is 0 Å². The fourth-order valence-electron chi connectivity index (χ4n) is 1.33. The van der Waals surface area contributed by atoms with Crippen molar-refractivity contribution in [1.82, 2.24) is 20.4 Å². The molecule has 0 aliphatic rings. The molecule has 0 aliphatic heterocycles. The molecule has 2 aromatic rings. The molecule has 0 amide bonds. The van der Waals surface area contributed by atoms with E-state index in [-0.39, 0.29) is 0 Å². The van der Waals surface area contributed by atoms with Crippen molar-refractivity contribution in [1.29, 1.82) is 0 Å². The van der Waals surface area contributed by atoms with E-state index in [9.17, 15) is 0 Å². The minimum atomic E-state index is 0.627. The highest BCUT2D eigenvalue weighted by atomic mass is 16.5. The van der Waals surface area contributed by atoms with Crippen molar-refractivity contribution in [3.8, 4) is 11.5 Å². The Morgan fingerprint density at radius 2 is 2.35 bits per heavy atom. The maximum absolute atomic E-state index is 5.18. The summed E-state index contributed by atoms with van der Waals surface area (Å²) >= 11 is 0. The standard InChI is InChI=1S/C11H14N4O2/c1-16-5-4-13-7-9-6-11(17-15-9)10-8-12-2-3-14-10/h2-3,6,8,13H,4-5,7H2,1H3. The Morgan fingerprint density at radius 1 is 1.41 bits per heavy atom. The van der Waals surface area contributed by atoms with Crippen LogP contribution in [0.15, 0.2) is 29.2 Å². The van der Waals surface area contributed by atoms with Crippen LogP contribution >= 0.6 is 0 Å². The van der Waals surface area contributed by atoms with Gasteiger partial charge in [0.15, 0.2) is 5.76 Å². The first kappa shape index (κ1) is 11.7. The SMILES string of the molecule is COCCNCc1cc(-c2cnccn2)on1. The Hall–Kier alpha value is -1.79. The second-order valence-electron chi connectivity index (χ2n) is 3.44. The van der Waals surface area contributed by atoms with E-state index in [2.05, 4.69) is 20.4 Å². The summed E-state index contributed by atoms with van der Waals surface area (Å²) in [6.45, 7) is 2.10. The summed E-state index contributed by atoms with van der Waals surface area (Å²) < 4.78 is 10.1. The van der Waals surface area contributed by atoms with Crippen molar-refractivity contribution in [3.63, 3.8) is 0 Å². The Labute approximate surface area is 99.0 Å². The van der Waals surface area contributed by atoms with Crippen LogP contribution in [0.2, 0.25) is 0 Å². The smallest absolute Gasteiger partial charge is 0.187 e. The van der Waals surface area contributed by atoms with Crippen LogP contribution in [0.5, 0.6) is 0 Å². The monoisotopic (exact) mass is 234 g/mol. The maximum atomic E-state index is 5.18. The predicted molar refractivity (Wildman–Crippen MR) is 61.1 cm³/mol. The van der Waals surface area contributed by atoms with E-state index in [1.807, 2.05) is 6.07 Å². The number of hydrogen-bond donors (Lipinski definition) is 1. The molecule has 1 N–H and O–H groups in total. The Kier molecular flexibility index (Phi) is 4.17. The fraction of sp³-hybridized carbons (Fsp3) is 0.364. The minimum absolute atomic E-state index is 0.627. The first-order valence-electron chi connectivity index (χ1n) is 5.32. The van der Waals surface area contributed by atoms with E-state index >= 15 is 0 Å². The molecule has 0 bridgehead atoms. The third kappa shape index (κ3) is 3.33. The van der Waals surface area contributed by atoms with Gasteiger partial charge in [-0.1, -0.05) is 5.16 Å². The number of hydrogen-bond acceptors (Lipinski definition) is 6. The summed E-state index contributed by atoms with van der Waals surface area (Å²) in [6.07, 6.45) is 4.88. The lowest BCUT2D eigenvalue weighted by Gasteiger charge is -1.99. The van der Waals surface area contributed by atoms with E-state index in [1.165, 1.54) is 0 Å². The van der Waals surface area contributed by atoms with Crippen molar-refractivity contribution in [2.45, 2.75) is 6.54 Å². The zero-order valence-electron chi connectivity index (χ0n) is 9.59. The third-order valence-electron chi connectivity index (χ3n) is 2.16. The number of methoxy groups -OCH3 is 1. The molecule has 2 rings (SSSR count). The molecule has 0 saturated carbocycles. The third-order valence-corrected chi connectivity index (χ3v) is 2.16. The van der Waals surface area contributed by atoms with E-state index in [0.717, 1.165) is 12.2 Å². The first-order chi connectivity index (χ1) is 8.40. The van der Waals surface area contributed by atoms with Gasteiger partial charge in [0.1, 0.15) is 5.69 Å². The highest BCUT2D eigenvalue weighted by Gasteiger charge is 2.07. The molecule has 2 aromatic heterocycles. The Morgan fingerprint density at radius 3 is 3.12 bits per heavy atom. The average molecular weight is 234 g/mol. The molecule has 0 unspecified atom stereocenters. The van der Waals surface area contributed by atoms with E-state index in [4.69, 9.17) is 9.26 Å². The second-order valence-corrected chi connectivity index (χ2v) is 3.44. The van der Waals surface area contributed by atoms with Gasteiger partial charge in [-0.05, 0) is 0 Å². The fourth-order valence-corrected chi connectivity index (χ4v) is 1.33. The van der Waals surface area contributed by atoms with Gasteiger partial charge in [0, 0.05) is 38.7 Å². The summed E-state index contributed by atoms with van der Waals surface area (Å²) in [5.41, 5.74) is 1.52. The molecule has 17 heavy (non-hydrogen) atoms. The van der Waals surface area contributed by atoms with Crippen LogP contribution in [-0.2, 0) is 11.3 Å². The normalized spacial score (nSPS) is 10.6. The molecule has 90 valence electrons. The second kappa shape index (κ2) is 6.07. The highest BCUT2D eigenvalue weighted by molar-refractivity contribution is 5.49. The van der Waals surface area contributed by atoms with Crippen LogP contribution in [-0.4, -0.2) is 35.4 Å². The molecule has 0 radical (unpaired) electrons. The van der Waals surface area contributed by atoms with Crippen molar-refractivity contribution in [2.75, 3.05) is 20.3 Å². The largest absolute Gasteiger partial charge is 0.383 e. The molecule has 6 heteroatoms. The van der Waals surface area contributed by atoms with Crippen LogP contribution < -0.4 is 5.32 Å². The van der Waals surface area contributed by atoms with Gasteiger partial charge in [0.25, 0.3) is 0 Å². The summed E-state index contributed by atoms with van der Waals surface area (Å²) in [4.78, 5) is 8.11. The van der Waals surface area contributed by atoms with Crippen LogP contribution in [0.4, 0.5) is 0 Å². The topological polar surface area (TPSA) is 73.1 Å². The molecule has 0 spiro atoms. The van der Waals surface area contributed by atoms with Crippen molar-refractivity contribution >= 4 is 0 Å². The van der Waals surface area contributed by atoms with Gasteiger partial charge < -0.3 is 14.6 Å². The Balaban J connectivity index is 1.92.